The van der Waals surface area contributed by atoms with Crippen LogP contribution in [0.5, 0.6) is 5.75 Å². The molecule has 2 atom stereocenters. The monoisotopic (exact) mass is 324 g/mol. The number of hydrogen-bond donors (Lipinski definition) is 3. The first kappa shape index (κ1) is 18.2. The average Bonchev–Trinajstić information content (AvgIpc) is 2.58. The molecule has 7 heteroatoms. The average molecular weight is 324 g/mol. The van der Waals surface area contributed by atoms with Gasteiger partial charge < -0.3 is 29.4 Å². The fourth-order valence-electron chi connectivity index (χ4n) is 2.45. The van der Waals surface area contributed by atoms with Gasteiger partial charge in [0.2, 0.25) is 0 Å². The Labute approximate surface area is 137 Å². The number of phenols is 1. The molecule has 128 valence electrons. The third-order valence-corrected chi connectivity index (χ3v) is 3.77. The molecule has 23 heavy (non-hydrogen) atoms. The number of benzene rings is 1. The van der Waals surface area contributed by atoms with E-state index in [1.165, 1.54) is 49.9 Å². The molecule has 2 fully saturated rings. The Morgan fingerprint density at radius 3 is 1.78 bits per heavy atom. The minimum Gasteiger partial charge on any atom is -0.508 e. The standard InChI is InChI=1S/C10H18O3.C6H7BO3/c1-3-7-11-9(5-1)13-10-6-2-4-8-12-10;8-6-3-1-5(2-4-6)7(9)10/h9-10H,1-8H2;1-4,8-10H. The Balaban J connectivity index is 0.000000174. The Morgan fingerprint density at radius 1 is 0.870 bits per heavy atom. The van der Waals surface area contributed by atoms with E-state index in [-0.39, 0.29) is 18.3 Å². The van der Waals surface area contributed by atoms with E-state index in [0.29, 0.717) is 5.46 Å². The highest BCUT2D eigenvalue weighted by Gasteiger charge is 2.21. The minimum atomic E-state index is -1.46. The zero-order valence-corrected chi connectivity index (χ0v) is 13.3. The molecule has 2 aliphatic rings. The quantitative estimate of drug-likeness (QED) is 0.723. The predicted octanol–water partition coefficient (Wildman–Crippen LogP) is 1.13. The number of aromatic hydroxyl groups is 1. The molecular weight excluding hydrogens is 299 g/mol. The first-order valence-electron chi connectivity index (χ1n) is 8.19. The lowest BCUT2D eigenvalue weighted by molar-refractivity contribution is -0.264. The Kier molecular flexibility index (Phi) is 7.84. The second-order valence-corrected chi connectivity index (χ2v) is 5.69. The van der Waals surface area contributed by atoms with Crippen molar-refractivity contribution in [1.82, 2.24) is 0 Å². The molecule has 0 aromatic heterocycles. The molecule has 2 saturated heterocycles. The molecule has 3 rings (SSSR count). The molecule has 0 radical (unpaired) electrons. The van der Waals surface area contributed by atoms with E-state index in [1.54, 1.807) is 0 Å². The summed E-state index contributed by atoms with van der Waals surface area (Å²) >= 11 is 0. The van der Waals surface area contributed by atoms with Crippen LogP contribution in [0.25, 0.3) is 0 Å². The molecule has 6 nitrogen and oxygen atoms in total. The van der Waals surface area contributed by atoms with Crippen molar-refractivity contribution in [2.24, 2.45) is 0 Å². The van der Waals surface area contributed by atoms with Crippen molar-refractivity contribution in [2.75, 3.05) is 13.2 Å². The van der Waals surface area contributed by atoms with Crippen LogP contribution >= 0.6 is 0 Å². The number of phenolic OH excluding ortho intramolecular Hbond substituents is 1. The molecule has 0 spiro atoms. The zero-order chi connectivity index (χ0) is 16.5. The van der Waals surface area contributed by atoms with Crippen molar-refractivity contribution in [3.05, 3.63) is 24.3 Å². The summed E-state index contributed by atoms with van der Waals surface area (Å²) in [5.74, 6) is 0.115. The second-order valence-electron chi connectivity index (χ2n) is 5.69. The molecule has 1 aromatic carbocycles. The molecule has 0 saturated carbocycles. The number of rotatable bonds is 3. The Hall–Kier alpha value is -1.12. The van der Waals surface area contributed by atoms with Gasteiger partial charge in [0.25, 0.3) is 0 Å². The van der Waals surface area contributed by atoms with E-state index in [0.717, 1.165) is 26.1 Å². The number of hydrogen-bond acceptors (Lipinski definition) is 6. The van der Waals surface area contributed by atoms with Gasteiger partial charge in [-0.2, -0.15) is 0 Å². The third-order valence-electron chi connectivity index (χ3n) is 3.77. The van der Waals surface area contributed by atoms with Gasteiger partial charge in [0.05, 0.1) is 0 Å². The van der Waals surface area contributed by atoms with E-state index < -0.39 is 7.12 Å². The van der Waals surface area contributed by atoms with Crippen molar-refractivity contribution in [3.63, 3.8) is 0 Å². The zero-order valence-electron chi connectivity index (χ0n) is 13.3. The third kappa shape index (κ3) is 6.89. The van der Waals surface area contributed by atoms with E-state index >= 15 is 0 Å². The molecule has 3 N–H and O–H groups in total. The molecule has 1 aromatic rings. The Bertz CT molecular complexity index is 411. The predicted molar refractivity (Wildman–Crippen MR) is 86.2 cm³/mol. The fraction of sp³-hybridized carbons (Fsp3) is 0.625. The van der Waals surface area contributed by atoms with Crippen LogP contribution in [0.1, 0.15) is 38.5 Å². The highest BCUT2D eigenvalue weighted by atomic mass is 16.8. The summed E-state index contributed by atoms with van der Waals surface area (Å²) < 4.78 is 16.6. The van der Waals surface area contributed by atoms with Gasteiger partial charge in [0.1, 0.15) is 5.75 Å². The Morgan fingerprint density at radius 2 is 1.39 bits per heavy atom. The fourth-order valence-corrected chi connectivity index (χ4v) is 2.45. The maximum absolute atomic E-state index is 8.78. The summed E-state index contributed by atoms with van der Waals surface area (Å²) in [7, 11) is -1.46. The first-order valence-corrected chi connectivity index (χ1v) is 8.19. The van der Waals surface area contributed by atoms with E-state index in [9.17, 15) is 0 Å². The highest BCUT2D eigenvalue weighted by molar-refractivity contribution is 6.58. The molecule has 0 bridgehead atoms. The van der Waals surface area contributed by atoms with Crippen LogP contribution in [-0.2, 0) is 14.2 Å². The van der Waals surface area contributed by atoms with Crippen LogP contribution in [0, 0.1) is 0 Å². The number of ether oxygens (including phenoxy) is 3. The van der Waals surface area contributed by atoms with Gasteiger partial charge in [-0.25, -0.2) is 0 Å². The van der Waals surface area contributed by atoms with Crippen molar-refractivity contribution in [1.29, 1.82) is 0 Å². The molecule has 0 amide bonds. The van der Waals surface area contributed by atoms with Gasteiger partial charge in [-0.05, 0) is 56.1 Å². The van der Waals surface area contributed by atoms with Crippen LogP contribution < -0.4 is 5.46 Å². The summed E-state index contributed by atoms with van der Waals surface area (Å²) in [4.78, 5) is 0. The van der Waals surface area contributed by atoms with Crippen LogP contribution in [0.15, 0.2) is 24.3 Å². The van der Waals surface area contributed by atoms with Gasteiger partial charge in [-0.3, -0.25) is 0 Å². The molecular formula is C16H25BO6. The van der Waals surface area contributed by atoms with Crippen LogP contribution in [0.4, 0.5) is 0 Å². The largest absolute Gasteiger partial charge is 0.508 e. The summed E-state index contributed by atoms with van der Waals surface area (Å²) in [6, 6.07) is 5.68. The topological polar surface area (TPSA) is 88.4 Å². The SMILES string of the molecule is C1CCC(OC2CCCCO2)OC1.OB(O)c1ccc(O)cc1. The van der Waals surface area contributed by atoms with Gasteiger partial charge in [-0.15, -0.1) is 0 Å². The van der Waals surface area contributed by atoms with Crippen molar-refractivity contribution in [3.8, 4) is 5.75 Å². The van der Waals surface area contributed by atoms with Gasteiger partial charge in [0, 0.05) is 13.2 Å². The molecule has 2 aliphatic heterocycles. The van der Waals surface area contributed by atoms with Crippen molar-refractivity contribution >= 4 is 12.6 Å². The maximum atomic E-state index is 8.78. The summed E-state index contributed by atoms with van der Waals surface area (Å²) in [6.45, 7) is 1.69. The molecule has 2 heterocycles. The molecule has 0 aliphatic carbocycles. The van der Waals surface area contributed by atoms with Crippen molar-refractivity contribution < 1.29 is 29.4 Å². The van der Waals surface area contributed by atoms with Crippen LogP contribution in [-0.4, -0.2) is 48.1 Å². The van der Waals surface area contributed by atoms with Gasteiger partial charge in [-0.1, -0.05) is 12.1 Å². The normalized spacial score (nSPS) is 24.4. The van der Waals surface area contributed by atoms with E-state index in [4.69, 9.17) is 29.4 Å². The summed E-state index contributed by atoms with van der Waals surface area (Å²) in [5, 5.41) is 26.0. The lowest BCUT2D eigenvalue weighted by Crippen LogP contribution is -2.31. The minimum absolute atomic E-state index is 0.00292. The summed E-state index contributed by atoms with van der Waals surface area (Å²) in [6.07, 6.45) is 6.83. The second kappa shape index (κ2) is 9.90. The van der Waals surface area contributed by atoms with Crippen LogP contribution in [0.3, 0.4) is 0 Å². The maximum Gasteiger partial charge on any atom is 0.488 e. The van der Waals surface area contributed by atoms with Crippen molar-refractivity contribution in [2.45, 2.75) is 51.1 Å². The van der Waals surface area contributed by atoms with Gasteiger partial charge >= 0.3 is 7.12 Å². The van der Waals surface area contributed by atoms with E-state index in [2.05, 4.69) is 0 Å². The van der Waals surface area contributed by atoms with Gasteiger partial charge in [0.15, 0.2) is 12.6 Å². The smallest absolute Gasteiger partial charge is 0.488 e. The lowest BCUT2D eigenvalue weighted by atomic mass is 9.80. The lowest BCUT2D eigenvalue weighted by Gasteiger charge is -2.29. The molecule has 2 unspecified atom stereocenters. The van der Waals surface area contributed by atoms with E-state index in [1.807, 2.05) is 0 Å². The first-order chi connectivity index (χ1) is 11.1. The van der Waals surface area contributed by atoms with Crippen LogP contribution in [0.2, 0.25) is 0 Å². The highest BCUT2D eigenvalue weighted by Crippen LogP contribution is 2.20. The summed E-state index contributed by atoms with van der Waals surface area (Å²) in [5.41, 5.74) is 0.373.